The lowest BCUT2D eigenvalue weighted by Gasteiger charge is -2.16. The van der Waals surface area contributed by atoms with Gasteiger partial charge in [-0.15, -0.1) is 0 Å². The van der Waals surface area contributed by atoms with Crippen LogP contribution in [0.25, 0.3) is 0 Å². The third-order valence-electron chi connectivity index (χ3n) is 3.04. The normalized spacial score (nSPS) is 12.0. The molecule has 5 nitrogen and oxygen atoms in total. The summed E-state index contributed by atoms with van der Waals surface area (Å²) in [5.41, 5.74) is 0. The predicted octanol–water partition coefficient (Wildman–Crippen LogP) is 2.07. The van der Waals surface area contributed by atoms with Gasteiger partial charge in [-0.1, -0.05) is 19.9 Å². The predicted molar refractivity (Wildman–Crippen MR) is 75.5 cm³/mol. The number of benzene rings is 1. The summed E-state index contributed by atoms with van der Waals surface area (Å²) in [4.78, 5) is 22.6. The molecule has 0 saturated heterocycles. The molecule has 0 saturated carbocycles. The number of carboxylic acid groups (broad SMARTS) is 1. The zero-order valence-corrected chi connectivity index (χ0v) is 12.1. The van der Waals surface area contributed by atoms with E-state index in [1.165, 1.54) is 18.2 Å². The Hall–Kier alpha value is -2.11. The zero-order valence-electron chi connectivity index (χ0n) is 12.1. The van der Waals surface area contributed by atoms with Crippen LogP contribution in [0, 0.1) is 17.7 Å². The third kappa shape index (κ3) is 6.25. The highest BCUT2D eigenvalue weighted by atomic mass is 19.1. The van der Waals surface area contributed by atoms with E-state index in [2.05, 4.69) is 5.32 Å². The maximum Gasteiger partial charge on any atom is 0.308 e. The van der Waals surface area contributed by atoms with Gasteiger partial charge in [0.05, 0.1) is 18.9 Å². The SMILES string of the molecule is CC(C)C(CNC(=O)CCOc1cccc(F)c1)C(=O)O. The van der Waals surface area contributed by atoms with Crippen LogP contribution in [0.3, 0.4) is 0 Å². The highest BCUT2D eigenvalue weighted by Crippen LogP contribution is 2.12. The van der Waals surface area contributed by atoms with E-state index < -0.39 is 17.7 Å². The Morgan fingerprint density at radius 1 is 1.38 bits per heavy atom. The lowest BCUT2D eigenvalue weighted by Crippen LogP contribution is -2.36. The molecule has 0 fully saturated rings. The number of nitrogens with one attached hydrogen (secondary N) is 1. The largest absolute Gasteiger partial charge is 0.493 e. The average Bonchev–Trinajstić information content (AvgIpc) is 2.38. The molecule has 6 heteroatoms. The van der Waals surface area contributed by atoms with Crippen LogP contribution >= 0.6 is 0 Å². The fraction of sp³-hybridized carbons (Fsp3) is 0.467. The monoisotopic (exact) mass is 297 g/mol. The summed E-state index contributed by atoms with van der Waals surface area (Å²) in [5.74, 6) is -1.95. The van der Waals surface area contributed by atoms with Gasteiger partial charge < -0.3 is 15.2 Å². The number of aliphatic carboxylic acids is 1. The minimum Gasteiger partial charge on any atom is -0.493 e. The molecule has 116 valence electrons. The highest BCUT2D eigenvalue weighted by Gasteiger charge is 2.21. The lowest BCUT2D eigenvalue weighted by molar-refractivity contribution is -0.143. The summed E-state index contributed by atoms with van der Waals surface area (Å²) in [7, 11) is 0. The number of amides is 1. The first-order valence-corrected chi connectivity index (χ1v) is 6.78. The van der Waals surface area contributed by atoms with Gasteiger partial charge >= 0.3 is 5.97 Å². The van der Waals surface area contributed by atoms with E-state index >= 15 is 0 Å². The highest BCUT2D eigenvalue weighted by molar-refractivity contribution is 5.77. The first kappa shape index (κ1) is 16.9. The van der Waals surface area contributed by atoms with E-state index in [1.54, 1.807) is 19.9 Å². The summed E-state index contributed by atoms with van der Waals surface area (Å²) < 4.78 is 18.1. The lowest BCUT2D eigenvalue weighted by atomic mass is 9.96. The van der Waals surface area contributed by atoms with Crippen molar-refractivity contribution in [2.75, 3.05) is 13.2 Å². The van der Waals surface area contributed by atoms with Gasteiger partial charge in [0.1, 0.15) is 11.6 Å². The van der Waals surface area contributed by atoms with Gasteiger partial charge in [-0.25, -0.2) is 4.39 Å². The summed E-state index contributed by atoms with van der Waals surface area (Å²) in [6.07, 6.45) is 0.0843. The topological polar surface area (TPSA) is 75.6 Å². The van der Waals surface area contributed by atoms with Gasteiger partial charge in [0.25, 0.3) is 0 Å². The molecule has 0 bridgehead atoms. The maximum absolute atomic E-state index is 12.9. The molecule has 0 aromatic heterocycles. The first-order chi connectivity index (χ1) is 9.90. The fourth-order valence-electron chi connectivity index (χ4n) is 1.74. The molecule has 1 aromatic carbocycles. The molecule has 1 unspecified atom stereocenters. The number of rotatable bonds is 8. The van der Waals surface area contributed by atoms with Crippen LogP contribution in [0.15, 0.2) is 24.3 Å². The number of hydrogen-bond acceptors (Lipinski definition) is 3. The van der Waals surface area contributed by atoms with Gasteiger partial charge in [-0.3, -0.25) is 9.59 Å². The minimum atomic E-state index is -0.929. The second-order valence-corrected chi connectivity index (χ2v) is 5.05. The van der Waals surface area contributed by atoms with Crippen molar-refractivity contribution in [3.05, 3.63) is 30.1 Å². The Bertz CT molecular complexity index is 490. The van der Waals surface area contributed by atoms with Gasteiger partial charge in [-0.05, 0) is 18.1 Å². The molecule has 0 radical (unpaired) electrons. The van der Waals surface area contributed by atoms with Gasteiger partial charge in [-0.2, -0.15) is 0 Å². The molecular formula is C15H20FNO4. The van der Waals surface area contributed by atoms with Crippen molar-refractivity contribution in [3.8, 4) is 5.75 Å². The first-order valence-electron chi connectivity index (χ1n) is 6.78. The number of carbonyl (C=O) groups is 2. The van der Waals surface area contributed by atoms with E-state index in [4.69, 9.17) is 9.84 Å². The number of hydrogen-bond donors (Lipinski definition) is 2. The summed E-state index contributed by atoms with van der Waals surface area (Å²) in [6, 6.07) is 5.65. The Balaban J connectivity index is 2.29. The Labute approximate surface area is 123 Å². The van der Waals surface area contributed by atoms with Crippen LogP contribution in [0.2, 0.25) is 0 Å². The molecule has 0 spiro atoms. The van der Waals surface area contributed by atoms with Gasteiger partial charge in [0.15, 0.2) is 0 Å². The Kier molecular flexibility index (Phi) is 6.65. The second kappa shape index (κ2) is 8.24. The Morgan fingerprint density at radius 2 is 2.10 bits per heavy atom. The number of ether oxygens (including phenoxy) is 1. The molecule has 1 rings (SSSR count). The van der Waals surface area contributed by atoms with Gasteiger partial charge in [0, 0.05) is 12.6 Å². The molecule has 0 aliphatic carbocycles. The van der Waals surface area contributed by atoms with Crippen LogP contribution in [-0.4, -0.2) is 30.1 Å². The van der Waals surface area contributed by atoms with Crippen LogP contribution in [0.5, 0.6) is 5.75 Å². The average molecular weight is 297 g/mol. The zero-order chi connectivity index (χ0) is 15.8. The van der Waals surface area contributed by atoms with Crippen molar-refractivity contribution in [1.82, 2.24) is 5.32 Å². The maximum atomic E-state index is 12.9. The van der Waals surface area contributed by atoms with Crippen molar-refractivity contribution in [2.45, 2.75) is 20.3 Å². The van der Waals surface area contributed by atoms with Crippen LogP contribution < -0.4 is 10.1 Å². The third-order valence-corrected chi connectivity index (χ3v) is 3.04. The quantitative estimate of drug-likeness (QED) is 0.770. The fourth-order valence-corrected chi connectivity index (χ4v) is 1.74. The molecule has 1 aromatic rings. The van der Waals surface area contributed by atoms with E-state index in [0.29, 0.717) is 5.75 Å². The number of carbonyl (C=O) groups excluding carboxylic acids is 1. The van der Waals surface area contributed by atoms with Crippen LogP contribution in [0.4, 0.5) is 4.39 Å². The molecular weight excluding hydrogens is 277 g/mol. The van der Waals surface area contributed by atoms with Crippen molar-refractivity contribution in [3.63, 3.8) is 0 Å². The van der Waals surface area contributed by atoms with E-state index in [0.717, 1.165) is 0 Å². The summed E-state index contributed by atoms with van der Waals surface area (Å²) in [5, 5.41) is 11.6. The molecule has 0 heterocycles. The van der Waals surface area contributed by atoms with Crippen LogP contribution in [-0.2, 0) is 9.59 Å². The molecule has 0 aliphatic rings. The standard InChI is InChI=1S/C15H20FNO4/c1-10(2)13(15(19)20)9-17-14(18)6-7-21-12-5-3-4-11(16)8-12/h3-5,8,10,13H,6-7,9H2,1-2H3,(H,17,18)(H,19,20). The van der Waals surface area contributed by atoms with Crippen molar-refractivity contribution in [2.24, 2.45) is 11.8 Å². The molecule has 2 N–H and O–H groups in total. The van der Waals surface area contributed by atoms with Crippen LogP contribution in [0.1, 0.15) is 20.3 Å². The molecule has 21 heavy (non-hydrogen) atoms. The van der Waals surface area contributed by atoms with Crippen molar-refractivity contribution >= 4 is 11.9 Å². The van der Waals surface area contributed by atoms with Crippen molar-refractivity contribution < 1.29 is 23.8 Å². The van der Waals surface area contributed by atoms with E-state index in [-0.39, 0.29) is 31.4 Å². The summed E-state index contributed by atoms with van der Waals surface area (Å²) in [6.45, 7) is 3.77. The number of halogens is 1. The molecule has 0 aliphatic heterocycles. The Morgan fingerprint density at radius 3 is 2.67 bits per heavy atom. The second-order valence-electron chi connectivity index (χ2n) is 5.05. The molecule has 1 amide bonds. The number of carboxylic acids is 1. The summed E-state index contributed by atoms with van der Waals surface area (Å²) >= 11 is 0. The van der Waals surface area contributed by atoms with E-state index in [1.807, 2.05) is 0 Å². The van der Waals surface area contributed by atoms with Gasteiger partial charge in [0.2, 0.25) is 5.91 Å². The smallest absolute Gasteiger partial charge is 0.308 e. The van der Waals surface area contributed by atoms with E-state index in [9.17, 15) is 14.0 Å². The molecule has 1 atom stereocenters. The minimum absolute atomic E-state index is 0.0636. The van der Waals surface area contributed by atoms with Crippen molar-refractivity contribution in [1.29, 1.82) is 0 Å².